The molecule has 0 aliphatic carbocycles. The Hall–Kier alpha value is -2.47. The summed E-state index contributed by atoms with van der Waals surface area (Å²) in [6.45, 7) is 4.00. The van der Waals surface area contributed by atoms with E-state index in [1.54, 1.807) is 30.8 Å². The molecule has 0 spiro atoms. The summed E-state index contributed by atoms with van der Waals surface area (Å²) in [7, 11) is 1.62. The van der Waals surface area contributed by atoms with Crippen molar-refractivity contribution in [2.24, 2.45) is 0 Å². The Bertz CT molecular complexity index is 785. The highest BCUT2D eigenvalue weighted by molar-refractivity contribution is 7.18. The minimum Gasteiger partial charge on any atom is -0.495 e. The van der Waals surface area contributed by atoms with Crippen LogP contribution in [0.3, 0.4) is 0 Å². The van der Waals surface area contributed by atoms with E-state index < -0.39 is 0 Å². The fourth-order valence-electron chi connectivity index (χ4n) is 2.03. The molecule has 3 aromatic heterocycles. The Kier molecular flexibility index (Phi) is 4.52. The zero-order chi connectivity index (χ0) is 16.2. The molecule has 0 amide bonds. The molecule has 3 rings (SSSR count). The third-order valence-corrected chi connectivity index (χ3v) is 4.09. The third-order valence-electron chi connectivity index (χ3n) is 3.05. The molecule has 23 heavy (non-hydrogen) atoms. The van der Waals surface area contributed by atoms with Crippen molar-refractivity contribution in [2.45, 2.75) is 20.0 Å². The molecule has 3 heterocycles. The van der Waals surface area contributed by atoms with Gasteiger partial charge in [0, 0.05) is 18.5 Å². The molecule has 0 radical (unpaired) electrons. The summed E-state index contributed by atoms with van der Waals surface area (Å²) in [5.74, 6) is 1.54. The smallest absolute Gasteiger partial charge is 0.142 e. The maximum Gasteiger partial charge on any atom is 0.142 e. The van der Waals surface area contributed by atoms with E-state index in [2.05, 4.69) is 15.0 Å². The summed E-state index contributed by atoms with van der Waals surface area (Å²) in [6.07, 6.45) is 5.38. The quantitative estimate of drug-likeness (QED) is 0.707. The number of hydrogen-bond acceptors (Lipinski definition) is 6. The van der Waals surface area contributed by atoms with Crippen LogP contribution >= 0.6 is 11.3 Å². The SMILES string of the molecule is COc1ccc(-c2ncc(-c3cc(OC(C)C)ccn3)s2)nc1. The molecule has 0 atom stereocenters. The van der Waals surface area contributed by atoms with Gasteiger partial charge in [0.2, 0.25) is 0 Å². The van der Waals surface area contributed by atoms with Gasteiger partial charge in [-0.2, -0.15) is 0 Å². The van der Waals surface area contributed by atoms with Gasteiger partial charge in [-0.25, -0.2) is 9.97 Å². The van der Waals surface area contributed by atoms with E-state index in [1.165, 1.54) is 0 Å². The highest BCUT2D eigenvalue weighted by Crippen LogP contribution is 2.32. The maximum absolute atomic E-state index is 5.71. The molecule has 0 N–H and O–H groups in total. The summed E-state index contributed by atoms with van der Waals surface area (Å²) in [5.41, 5.74) is 1.66. The molecule has 3 aromatic rings. The molecular formula is C17H17N3O2S. The number of rotatable bonds is 5. The predicted molar refractivity (Wildman–Crippen MR) is 90.9 cm³/mol. The molecule has 0 saturated carbocycles. The normalized spacial score (nSPS) is 10.8. The second-order valence-corrected chi connectivity index (χ2v) is 6.19. The Morgan fingerprint density at radius 1 is 0.957 bits per heavy atom. The van der Waals surface area contributed by atoms with Crippen molar-refractivity contribution in [3.8, 4) is 32.8 Å². The van der Waals surface area contributed by atoms with Crippen molar-refractivity contribution in [2.75, 3.05) is 7.11 Å². The number of thiazole rings is 1. The molecule has 6 heteroatoms. The van der Waals surface area contributed by atoms with Crippen molar-refractivity contribution in [1.29, 1.82) is 0 Å². The number of pyridine rings is 2. The van der Waals surface area contributed by atoms with E-state index in [1.807, 2.05) is 44.3 Å². The molecule has 0 fully saturated rings. The van der Waals surface area contributed by atoms with Gasteiger partial charge in [0.15, 0.2) is 0 Å². The number of aromatic nitrogens is 3. The number of ether oxygens (including phenoxy) is 2. The molecule has 0 unspecified atom stereocenters. The second-order valence-electron chi connectivity index (χ2n) is 5.16. The predicted octanol–water partition coefficient (Wildman–Crippen LogP) is 4.06. The first-order valence-electron chi connectivity index (χ1n) is 7.25. The maximum atomic E-state index is 5.71. The van der Waals surface area contributed by atoms with Crippen LogP contribution in [0.2, 0.25) is 0 Å². The van der Waals surface area contributed by atoms with Crippen molar-refractivity contribution in [1.82, 2.24) is 15.0 Å². The lowest BCUT2D eigenvalue weighted by molar-refractivity contribution is 0.242. The zero-order valence-electron chi connectivity index (χ0n) is 13.2. The van der Waals surface area contributed by atoms with E-state index >= 15 is 0 Å². The van der Waals surface area contributed by atoms with Crippen LogP contribution in [0.1, 0.15) is 13.8 Å². The van der Waals surface area contributed by atoms with Gasteiger partial charge in [0.1, 0.15) is 16.5 Å². The largest absolute Gasteiger partial charge is 0.495 e. The molecule has 0 aromatic carbocycles. The van der Waals surface area contributed by atoms with Crippen molar-refractivity contribution < 1.29 is 9.47 Å². The fourth-order valence-corrected chi connectivity index (χ4v) is 2.89. The van der Waals surface area contributed by atoms with E-state index in [9.17, 15) is 0 Å². The monoisotopic (exact) mass is 327 g/mol. The first-order chi connectivity index (χ1) is 11.2. The highest BCUT2D eigenvalue weighted by Gasteiger charge is 2.10. The summed E-state index contributed by atoms with van der Waals surface area (Å²) in [4.78, 5) is 14.2. The van der Waals surface area contributed by atoms with Crippen LogP contribution < -0.4 is 9.47 Å². The molecule has 0 aliphatic rings. The number of methoxy groups -OCH3 is 1. The molecular weight excluding hydrogens is 310 g/mol. The lowest BCUT2D eigenvalue weighted by atomic mass is 10.3. The van der Waals surface area contributed by atoms with E-state index in [0.717, 1.165) is 32.8 Å². The van der Waals surface area contributed by atoms with Crippen molar-refractivity contribution in [3.63, 3.8) is 0 Å². The van der Waals surface area contributed by atoms with Gasteiger partial charge < -0.3 is 9.47 Å². The van der Waals surface area contributed by atoms with Crippen LogP contribution in [0.5, 0.6) is 11.5 Å². The standard InChI is InChI=1S/C17H17N3O2S/c1-11(2)22-12-6-7-18-15(8-12)16-10-20-17(23-16)14-5-4-13(21-3)9-19-14/h4-11H,1-3H3. The van der Waals surface area contributed by atoms with Gasteiger partial charge in [-0.05, 0) is 32.0 Å². The lowest BCUT2D eigenvalue weighted by Crippen LogP contribution is -2.05. The first kappa shape index (κ1) is 15.4. The van der Waals surface area contributed by atoms with Gasteiger partial charge >= 0.3 is 0 Å². The Morgan fingerprint density at radius 2 is 1.83 bits per heavy atom. The first-order valence-corrected chi connectivity index (χ1v) is 8.06. The molecule has 0 bridgehead atoms. The number of hydrogen-bond donors (Lipinski definition) is 0. The second kappa shape index (κ2) is 6.75. The van der Waals surface area contributed by atoms with Crippen LogP contribution in [-0.4, -0.2) is 28.2 Å². The fraction of sp³-hybridized carbons (Fsp3) is 0.235. The Balaban J connectivity index is 1.86. The third kappa shape index (κ3) is 3.65. The minimum atomic E-state index is 0.130. The number of nitrogens with zero attached hydrogens (tertiary/aromatic N) is 3. The van der Waals surface area contributed by atoms with Crippen molar-refractivity contribution in [3.05, 3.63) is 42.9 Å². The van der Waals surface area contributed by atoms with E-state index in [-0.39, 0.29) is 6.10 Å². The average molecular weight is 327 g/mol. The van der Waals surface area contributed by atoms with Crippen LogP contribution in [0, 0.1) is 0 Å². The van der Waals surface area contributed by atoms with Crippen LogP contribution in [0.15, 0.2) is 42.9 Å². The summed E-state index contributed by atoms with van der Waals surface area (Å²) < 4.78 is 10.8. The van der Waals surface area contributed by atoms with Crippen LogP contribution in [0.4, 0.5) is 0 Å². The Morgan fingerprint density at radius 3 is 2.52 bits per heavy atom. The summed E-state index contributed by atoms with van der Waals surface area (Å²) in [5, 5.41) is 0.847. The molecule has 118 valence electrons. The van der Waals surface area contributed by atoms with Gasteiger partial charge in [0.05, 0.1) is 35.7 Å². The minimum absolute atomic E-state index is 0.130. The summed E-state index contributed by atoms with van der Waals surface area (Å²) in [6, 6.07) is 7.56. The lowest BCUT2D eigenvalue weighted by Gasteiger charge is -2.09. The molecule has 5 nitrogen and oxygen atoms in total. The van der Waals surface area contributed by atoms with Gasteiger partial charge in [-0.3, -0.25) is 4.98 Å². The molecule has 0 saturated heterocycles. The highest BCUT2D eigenvalue weighted by atomic mass is 32.1. The van der Waals surface area contributed by atoms with Gasteiger partial charge in [0.25, 0.3) is 0 Å². The van der Waals surface area contributed by atoms with Gasteiger partial charge in [-0.15, -0.1) is 11.3 Å². The topological polar surface area (TPSA) is 57.1 Å². The van der Waals surface area contributed by atoms with Gasteiger partial charge in [-0.1, -0.05) is 0 Å². The van der Waals surface area contributed by atoms with Crippen LogP contribution in [-0.2, 0) is 0 Å². The average Bonchev–Trinajstić information content (AvgIpc) is 3.04. The Labute approximate surface area is 139 Å². The van der Waals surface area contributed by atoms with Crippen molar-refractivity contribution >= 4 is 11.3 Å². The van der Waals surface area contributed by atoms with E-state index in [0.29, 0.717) is 0 Å². The van der Waals surface area contributed by atoms with E-state index in [4.69, 9.17) is 9.47 Å². The summed E-state index contributed by atoms with van der Waals surface area (Å²) >= 11 is 1.55. The zero-order valence-corrected chi connectivity index (χ0v) is 14.0. The molecule has 0 aliphatic heterocycles. The van der Waals surface area contributed by atoms with Crippen LogP contribution in [0.25, 0.3) is 21.3 Å².